The van der Waals surface area contributed by atoms with Gasteiger partial charge in [0.15, 0.2) is 0 Å². The van der Waals surface area contributed by atoms with Crippen LogP contribution in [-0.2, 0) is 6.42 Å². The highest BCUT2D eigenvalue weighted by molar-refractivity contribution is 5.51. The standard InChI is InChI=1S/C30H43N5/c1-2-5-26(6-3-1)11-16-32-21-23-34(24-22-32)28-9-10-29(31-25-28)35-19-14-30(15-20-35)12-17-33(18-13-30)27-7-4-8-27/h1-3,5-6,9-10,25,27H,4,7-8,11-24H2. The third-order valence-electron chi connectivity index (χ3n) is 9.63. The number of aromatic nitrogens is 1. The molecule has 0 bridgehead atoms. The van der Waals surface area contributed by atoms with Crippen molar-refractivity contribution in [3.8, 4) is 0 Å². The molecule has 1 spiro atoms. The molecule has 1 saturated carbocycles. The second-order valence-corrected chi connectivity index (χ2v) is 11.5. The number of piperazine rings is 1. The number of piperidine rings is 2. The average molecular weight is 474 g/mol. The van der Waals surface area contributed by atoms with E-state index >= 15 is 0 Å². The Morgan fingerprint density at radius 3 is 2.09 bits per heavy atom. The lowest BCUT2D eigenvalue weighted by Crippen LogP contribution is -2.51. The molecule has 0 radical (unpaired) electrons. The molecule has 5 heteroatoms. The van der Waals surface area contributed by atoms with Gasteiger partial charge in [0, 0.05) is 51.9 Å². The summed E-state index contributed by atoms with van der Waals surface area (Å²) < 4.78 is 0. The maximum atomic E-state index is 4.92. The first-order chi connectivity index (χ1) is 17.3. The van der Waals surface area contributed by atoms with E-state index in [-0.39, 0.29) is 0 Å². The Hall–Kier alpha value is -2.11. The Labute approximate surface area is 212 Å². The zero-order valence-electron chi connectivity index (χ0n) is 21.5. The quantitative estimate of drug-likeness (QED) is 0.607. The number of pyridine rings is 1. The van der Waals surface area contributed by atoms with Crippen LogP contribution in [0.15, 0.2) is 48.7 Å². The lowest BCUT2D eigenvalue weighted by molar-refractivity contribution is 0.0305. The summed E-state index contributed by atoms with van der Waals surface area (Å²) in [7, 11) is 0. The largest absolute Gasteiger partial charge is 0.368 e. The van der Waals surface area contributed by atoms with Crippen molar-refractivity contribution in [1.29, 1.82) is 0 Å². The van der Waals surface area contributed by atoms with Crippen LogP contribution in [0.1, 0.15) is 50.5 Å². The highest BCUT2D eigenvalue weighted by Gasteiger charge is 2.39. The molecule has 188 valence electrons. The molecule has 4 aliphatic rings. The van der Waals surface area contributed by atoms with E-state index in [1.165, 1.54) is 88.2 Å². The van der Waals surface area contributed by atoms with Gasteiger partial charge in [0.1, 0.15) is 5.82 Å². The van der Waals surface area contributed by atoms with Crippen molar-refractivity contribution in [2.24, 2.45) is 5.41 Å². The molecular weight excluding hydrogens is 430 g/mol. The van der Waals surface area contributed by atoms with E-state index in [1.54, 1.807) is 0 Å². The van der Waals surface area contributed by atoms with Gasteiger partial charge in [-0.3, -0.25) is 4.90 Å². The fraction of sp³-hybridized carbons (Fsp3) is 0.633. The molecule has 4 heterocycles. The number of hydrogen-bond acceptors (Lipinski definition) is 5. The Morgan fingerprint density at radius 2 is 1.46 bits per heavy atom. The molecule has 6 rings (SSSR count). The minimum atomic E-state index is 0.608. The SMILES string of the molecule is c1ccc(CCN2CCN(c3ccc(N4CCC5(CC4)CCN(C4CCC4)CC5)nc3)CC2)cc1. The Bertz CT molecular complexity index is 915. The fourth-order valence-electron chi connectivity index (χ4n) is 6.74. The number of hydrogen-bond donors (Lipinski definition) is 0. The van der Waals surface area contributed by atoms with Gasteiger partial charge in [0.2, 0.25) is 0 Å². The van der Waals surface area contributed by atoms with Crippen molar-refractivity contribution in [2.45, 2.75) is 57.4 Å². The van der Waals surface area contributed by atoms with E-state index in [1.807, 2.05) is 0 Å². The van der Waals surface area contributed by atoms with Crippen molar-refractivity contribution in [1.82, 2.24) is 14.8 Å². The molecule has 1 aliphatic carbocycles. The van der Waals surface area contributed by atoms with E-state index in [0.717, 1.165) is 45.2 Å². The lowest BCUT2D eigenvalue weighted by atomic mass is 9.70. The monoisotopic (exact) mass is 473 g/mol. The maximum Gasteiger partial charge on any atom is 0.128 e. The molecule has 0 amide bonds. The lowest BCUT2D eigenvalue weighted by Gasteiger charge is -2.50. The van der Waals surface area contributed by atoms with Gasteiger partial charge in [-0.15, -0.1) is 0 Å². The van der Waals surface area contributed by atoms with Gasteiger partial charge in [-0.25, -0.2) is 4.98 Å². The molecule has 5 nitrogen and oxygen atoms in total. The third kappa shape index (κ3) is 5.36. The van der Waals surface area contributed by atoms with Gasteiger partial charge in [0.05, 0.1) is 11.9 Å². The molecule has 0 atom stereocenters. The van der Waals surface area contributed by atoms with Crippen LogP contribution in [0.5, 0.6) is 0 Å². The van der Waals surface area contributed by atoms with Crippen LogP contribution >= 0.6 is 0 Å². The minimum absolute atomic E-state index is 0.608. The molecule has 0 unspecified atom stereocenters. The highest BCUT2D eigenvalue weighted by Crippen LogP contribution is 2.43. The summed E-state index contributed by atoms with van der Waals surface area (Å²) in [4.78, 5) is 15.4. The summed E-state index contributed by atoms with van der Waals surface area (Å²) in [6.07, 6.45) is 13.2. The average Bonchev–Trinajstić information content (AvgIpc) is 2.89. The highest BCUT2D eigenvalue weighted by atomic mass is 15.3. The summed E-state index contributed by atoms with van der Waals surface area (Å²) in [6.45, 7) is 10.7. The Balaban J connectivity index is 0.952. The zero-order chi connectivity index (χ0) is 23.5. The summed E-state index contributed by atoms with van der Waals surface area (Å²) in [5, 5.41) is 0. The van der Waals surface area contributed by atoms with E-state index in [9.17, 15) is 0 Å². The number of rotatable bonds is 6. The molecule has 3 aliphatic heterocycles. The second kappa shape index (κ2) is 10.5. The third-order valence-corrected chi connectivity index (χ3v) is 9.63. The Kier molecular flexibility index (Phi) is 6.97. The Morgan fingerprint density at radius 1 is 0.743 bits per heavy atom. The summed E-state index contributed by atoms with van der Waals surface area (Å²) in [6, 6.07) is 16.4. The van der Waals surface area contributed by atoms with Crippen LogP contribution in [0.2, 0.25) is 0 Å². The van der Waals surface area contributed by atoms with Crippen molar-refractivity contribution in [3.05, 3.63) is 54.2 Å². The van der Waals surface area contributed by atoms with E-state index in [0.29, 0.717) is 5.41 Å². The number of nitrogens with zero attached hydrogens (tertiary/aromatic N) is 5. The topological polar surface area (TPSA) is 25.9 Å². The van der Waals surface area contributed by atoms with Crippen LogP contribution in [-0.4, -0.2) is 79.7 Å². The molecule has 4 fully saturated rings. The number of anilines is 2. The molecular formula is C30H43N5. The number of benzene rings is 1. The van der Waals surface area contributed by atoms with Crippen LogP contribution in [0.3, 0.4) is 0 Å². The molecule has 0 N–H and O–H groups in total. The van der Waals surface area contributed by atoms with Crippen molar-refractivity contribution in [3.63, 3.8) is 0 Å². The fourth-order valence-corrected chi connectivity index (χ4v) is 6.74. The van der Waals surface area contributed by atoms with Crippen LogP contribution in [0.25, 0.3) is 0 Å². The van der Waals surface area contributed by atoms with Crippen LogP contribution in [0, 0.1) is 5.41 Å². The van der Waals surface area contributed by atoms with Gasteiger partial charge in [-0.2, -0.15) is 0 Å². The predicted molar refractivity (Wildman–Crippen MR) is 145 cm³/mol. The summed E-state index contributed by atoms with van der Waals surface area (Å²) in [5.41, 5.74) is 3.34. The van der Waals surface area contributed by atoms with Gasteiger partial charge < -0.3 is 14.7 Å². The summed E-state index contributed by atoms with van der Waals surface area (Å²) in [5.74, 6) is 1.18. The van der Waals surface area contributed by atoms with Gasteiger partial charge in [-0.05, 0) is 81.1 Å². The zero-order valence-corrected chi connectivity index (χ0v) is 21.5. The van der Waals surface area contributed by atoms with Crippen molar-refractivity contribution < 1.29 is 0 Å². The molecule has 2 aromatic rings. The van der Waals surface area contributed by atoms with Crippen molar-refractivity contribution >= 4 is 11.5 Å². The minimum Gasteiger partial charge on any atom is -0.368 e. The van der Waals surface area contributed by atoms with E-state index in [2.05, 4.69) is 68.3 Å². The first kappa shape index (κ1) is 23.3. The van der Waals surface area contributed by atoms with Crippen LogP contribution in [0.4, 0.5) is 11.5 Å². The maximum absolute atomic E-state index is 4.92. The normalized spacial score (nSPS) is 24.0. The molecule has 35 heavy (non-hydrogen) atoms. The van der Waals surface area contributed by atoms with E-state index in [4.69, 9.17) is 4.98 Å². The molecule has 3 saturated heterocycles. The van der Waals surface area contributed by atoms with Crippen LogP contribution < -0.4 is 9.80 Å². The van der Waals surface area contributed by atoms with E-state index < -0.39 is 0 Å². The smallest absolute Gasteiger partial charge is 0.128 e. The summed E-state index contributed by atoms with van der Waals surface area (Å²) >= 11 is 0. The predicted octanol–water partition coefficient (Wildman–Crippen LogP) is 4.68. The van der Waals surface area contributed by atoms with Gasteiger partial charge in [-0.1, -0.05) is 36.8 Å². The van der Waals surface area contributed by atoms with Crippen molar-refractivity contribution in [2.75, 3.05) is 68.7 Å². The first-order valence-corrected chi connectivity index (χ1v) is 14.2. The first-order valence-electron chi connectivity index (χ1n) is 14.2. The van der Waals surface area contributed by atoms with Gasteiger partial charge in [0.25, 0.3) is 0 Å². The second-order valence-electron chi connectivity index (χ2n) is 11.5. The molecule has 1 aromatic carbocycles. The molecule has 1 aromatic heterocycles. The number of likely N-dealkylation sites (tertiary alicyclic amines) is 1. The van der Waals surface area contributed by atoms with Gasteiger partial charge >= 0.3 is 0 Å².